The van der Waals surface area contributed by atoms with Crippen molar-refractivity contribution in [1.29, 1.82) is 0 Å². The second-order valence-electron chi connectivity index (χ2n) is 6.61. The summed E-state index contributed by atoms with van der Waals surface area (Å²) in [6.45, 7) is 8.24. The third kappa shape index (κ3) is 7.07. The average molecular weight is 311 g/mol. The van der Waals surface area contributed by atoms with E-state index in [1.165, 1.54) is 0 Å². The molecule has 22 heavy (non-hydrogen) atoms. The Hall–Kier alpha value is -1.36. The number of carbonyl (C=O) groups excluding carboxylic acids is 2. The molecule has 1 aliphatic carbocycles. The number of Topliss-reactive ketones (excluding diaryl/α,β-unsaturated/α-hetero) is 1. The van der Waals surface area contributed by atoms with Gasteiger partial charge >= 0.3 is 6.09 Å². The highest BCUT2D eigenvalue weighted by atomic mass is 16.6. The highest BCUT2D eigenvalue weighted by Gasteiger charge is 2.27. The van der Waals surface area contributed by atoms with Gasteiger partial charge in [0.15, 0.2) is 5.78 Å². The van der Waals surface area contributed by atoms with Crippen LogP contribution in [-0.4, -0.2) is 36.7 Å². The zero-order valence-corrected chi connectivity index (χ0v) is 14.2. The maximum atomic E-state index is 12.5. The van der Waals surface area contributed by atoms with Crippen LogP contribution >= 0.6 is 0 Å². The van der Waals surface area contributed by atoms with Crippen LogP contribution in [0.25, 0.3) is 0 Å². The van der Waals surface area contributed by atoms with E-state index >= 15 is 0 Å². The number of allylic oxidation sites excluding steroid dienone is 1. The first-order chi connectivity index (χ1) is 10.3. The molecule has 5 nitrogen and oxygen atoms in total. The number of alkyl carbamates (subject to hydrolysis) is 1. The van der Waals surface area contributed by atoms with Crippen LogP contribution < -0.4 is 5.32 Å². The van der Waals surface area contributed by atoms with E-state index in [0.29, 0.717) is 6.61 Å². The maximum Gasteiger partial charge on any atom is 0.408 e. The fraction of sp³-hybridized carbons (Fsp3) is 0.765. The summed E-state index contributed by atoms with van der Waals surface area (Å²) in [6, 6.07) is -0.670. The summed E-state index contributed by atoms with van der Waals surface area (Å²) in [5.41, 5.74) is 0.202. The van der Waals surface area contributed by atoms with E-state index in [1.54, 1.807) is 20.8 Å². The maximum absolute atomic E-state index is 12.5. The van der Waals surface area contributed by atoms with Gasteiger partial charge in [-0.3, -0.25) is 4.79 Å². The molecule has 5 heteroatoms. The summed E-state index contributed by atoms with van der Waals surface area (Å²) in [7, 11) is 0. The minimum atomic E-state index is -0.670. The van der Waals surface area contributed by atoms with Crippen molar-refractivity contribution in [3.05, 3.63) is 11.6 Å². The summed E-state index contributed by atoms with van der Waals surface area (Å²) in [4.78, 5) is 24.4. The molecule has 0 aromatic rings. The van der Waals surface area contributed by atoms with Gasteiger partial charge in [0, 0.05) is 6.61 Å². The first-order valence-electron chi connectivity index (χ1n) is 8.14. The van der Waals surface area contributed by atoms with E-state index in [2.05, 4.69) is 12.2 Å². The molecule has 1 amide bonds. The molecule has 126 valence electrons. The van der Waals surface area contributed by atoms with E-state index in [4.69, 9.17) is 9.47 Å². The van der Waals surface area contributed by atoms with Gasteiger partial charge in [-0.1, -0.05) is 19.4 Å². The van der Waals surface area contributed by atoms with Crippen molar-refractivity contribution in [3.8, 4) is 0 Å². The molecule has 1 rings (SSSR count). The molecule has 0 aromatic carbocycles. The zero-order chi connectivity index (χ0) is 16.6. The average Bonchev–Trinajstić information content (AvgIpc) is 2.93. The molecule has 0 saturated heterocycles. The van der Waals surface area contributed by atoms with Crippen LogP contribution in [0.15, 0.2) is 11.6 Å². The van der Waals surface area contributed by atoms with Gasteiger partial charge in [-0.25, -0.2) is 4.79 Å². The smallest absolute Gasteiger partial charge is 0.408 e. The van der Waals surface area contributed by atoms with E-state index in [9.17, 15) is 9.59 Å². The van der Waals surface area contributed by atoms with Gasteiger partial charge in [0.2, 0.25) is 0 Å². The molecule has 0 spiro atoms. The molecular formula is C17H29NO4. The standard InChI is InChI=1S/C17H29NO4/c1-5-6-11-21-12-14(15(19)13-9-7-8-10-13)18-16(20)22-17(2,3)4/h9,14H,5-8,10-12H2,1-4H3,(H,18,20)/t14-/m0/s1. The minimum absolute atomic E-state index is 0.0557. The zero-order valence-electron chi connectivity index (χ0n) is 14.2. The van der Waals surface area contributed by atoms with Crippen LogP contribution in [0, 0.1) is 0 Å². The molecule has 0 bridgehead atoms. The van der Waals surface area contributed by atoms with Crippen molar-refractivity contribution >= 4 is 11.9 Å². The van der Waals surface area contributed by atoms with E-state index < -0.39 is 17.7 Å². The summed E-state index contributed by atoms with van der Waals surface area (Å²) in [5.74, 6) is -0.0557. The van der Waals surface area contributed by atoms with Crippen LogP contribution in [0.1, 0.15) is 59.8 Å². The monoisotopic (exact) mass is 311 g/mol. The Morgan fingerprint density at radius 3 is 2.64 bits per heavy atom. The first-order valence-corrected chi connectivity index (χ1v) is 8.14. The second-order valence-corrected chi connectivity index (χ2v) is 6.61. The van der Waals surface area contributed by atoms with Crippen molar-refractivity contribution in [2.45, 2.75) is 71.4 Å². The molecule has 1 N–H and O–H groups in total. The fourth-order valence-corrected chi connectivity index (χ4v) is 2.20. The van der Waals surface area contributed by atoms with E-state index in [1.807, 2.05) is 6.08 Å². The third-order valence-electron chi connectivity index (χ3n) is 3.29. The third-order valence-corrected chi connectivity index (χ3v) is 3.29. The summed E-state index contributed by atoms with van der Waals surface area (Å²) in [5, 5.41) is 2.65. The second kappa shape index (κ2) is 8.93. The van der Waals surface area contributed by atoms with Gasteiger partial charge in [-0.15, -0.1) is 0 Å². The van der Waals surface area contributed by atoms with Gasteiger partial charge in [0.25, 0.3) is 0 Å². The van der Waals surface area contributed by atoms with Gasteiger partial charge < -0.3 is 14.8 Å². The number of unbranched alkanes of at least 4 members (excludes halogenated alkanes) is 1. The Morgan fingerprint density at radius 1 is 1.36 bits per heavy atom. The molecule has 0 unspecified atom stereocenters. The molecule has 0 aliphatic heterocycles. The number of hydrogen-bond acceptors (Lipinski definition) is 4. The number of nitrogens with one attached hydrogen (secondary N) is 1. The van der Waals surface area contributed by atoms with Crippen LogP contribution in [0.3, 0.4) is 0 Å². The van der Waals surface area contributed by atoms with Crippen molar-refractivity contribution in [2.24, 2.45) is 0 Å². The van der Waals surface area contributed by atoms with Crippen molar-refractivity contribution < 1.29 is 19.1 Å². The lowest BCUT2D eigenvalue weighted by atomic mass is 10.0. The fourth-order valence-electron chi connectivity index (χ4n) is 2.20. The van der Waals surface area contributed by atoms with Crippen LogP contribution in [0.2, 0.25) is 0 Å². The number of ketones is 1. The lowest BCUT2D eigenvalue weighted by Gasteiger charge is -2.23. The quantitative estimate of drug-likeness (QED) is 0.698. The first kappa shape index (κ1) is 18.7. The predicted octanol–water partition coefficient (Wildman–Crippen LogP) is 3.38. The van der Waals surface area contributed by atoms with Gasteiger partial charge in [-0.2, -0.15) is 0 Å². The lowest BCUT2D eigenvalue weighted by Crippen LogP contribution is -2.46. The van der Waals surface area contributed by atoms with Gasteiger partial charge in [0.1, 0.15) is 11.6 Å². The Morgan fingerprint density at radius 2 is 2.09 bits per heavy atom. The molecular weight excluding hydrogens is 282 g/mol. The van der Waals surface area contributed by atoms with E-state index in [0.717, 1.165) is 37.7 Å². The molecule has 1 aliphatic rings. The van der Waals surface area contributed by atoms with Crippen molar-refractivity contribution in [3.63, 3.8) is 0 Å². The summed E-state index contributed by atoms with van der Waals surface area (Å²) < 4.78 is 10.8. The molecule has 0 radical (unpaired) electrons. The van der Waals surface area contributed by atoms with Crippen LogP contribution in [0.5, 0.6) is 0 Å². The number of ether oxygens (including phenoxy) is 2. The Kier molecular flexibility index (Phi) is 7.59. The molecule has 0 heterocycles. The van der Waals surface area contributed by atoms with Crippen LogP contribution in [0.4, 0.5) is 4.79 Å². The van der Waals surface area contributed by atoms with E-state index in [-0.39, 0.29) is 12.4 Å². The number of rotatable bonds is 8. The SMILES string of the molecule is CCCCOC[C@H](NC(=O)OC(C)(C)C)C(=O)C1=CCCC1. The minimum Gasteiger partial charge on any atom is -0.444 e. The normalized spacial score (nSPS) is 16.1. The van der Waals surface area contributed by atoms with Crippen LogP contribution in [-0.2, 0) is 14.3 Å². The highest BCUT2D eigenvalue weighted by Crippen LogP contribution is 2.20. The predicted molar refractivity (Wildman–Crippen MR) is 85.8 cm³/mol. The largest absolute Gasteiger partial charge is 0.444 e. The number of carbonyl (C=O) groups is 2. The molecule has 1 atom stereocenters. The Bertz CT molecular complexity index is 409. The number of amides is 1. The number of hydrogen-bond donors (Lipinski definition) is 1. The van der Waals surface area contributed by atoms with Crippen molar-refractivity contribution in [1.82, 2.24) is 5.32 Å². The molecule has 0 fully saturated rings. The Labute approximate surface area is 133 Å². The van der Waals surface area contributed by atoms with Crippen molar-refractivity contribution in [2.75, 3.05) is 13.2 Å². The lowest BCUT2D eigenvalue weighted by molar-refractivity contribution is -0.119. The highest BCUT2D eigenvalue weighted by molar-refractivity contribution is 6.01. The Balaban J connectivity index is 2.60. The summed E-state index contributed by atoms with van der Waals surface area (Å²) >= 11 is 0. The summed E-state index contributed by atoms with van der Waals surface area (Å²) in [6.07, 6.45) is 6.05. The van der Waals surface area contributed by atoms with Gasteiger partial charge in [-0.05, 0) is 52.0 Å². The van der Waals surface area contributed by atoms with Gasteiger partial charge in [0.05, 0.1) is 6.61 Å². The molecule has 0 saturated carbocycles. The topological polar surface area (TPSA) is 64.6 Å². The molecule has 0 aromatic heterocycles.